The van der Waals surface area contributed by atoms with Gasteiger partial charge in [0.05, 0.1) is 0 Å². The summed E-state index contributed by atoms with van der Waals surface area (Å²) in [6, 6.07) is 15.0. The first-order valence-corrected chi connectivity index (χ1v) is 8.32. The topological polar surface area (TPSA) is 12.0 Å². The highest BCUT2D eigenvalue weighted by molar-refractivity contribution is 6.17. The second-order valence-electron chi connectivity index (χ2n) is 5.76. The molecule has 0 aliphatic carbocycles. The predicted molar refractivity (Wildman–Crippen MR) is 98.7 cm³/mol. The Morgan fingerprint density at radius 3 is 2.41 bits per heavy atom. The number of halogens is 1. The molecule has 0 atom stereocenters. The van der Waals surface area contributed by atoms with E-state index < -0.39 is 0 Å². The van der Waals surface area contributed by atoms with E-state index in [1.807, 2.05) is 0 Å². The number of alkyl halides is 1. The van der Waals surface area contributed by atoms with Gasteiger partial charge in [-0.3, -0.25) is 0 Å². The van der Waals surface area contributed by atoms with E-state index in [-0.39, 0.29) is 0 Å². The SMILES string of the molecule is C=C(Nc1ccc(C)cc1)c1ccc(CCCCCl)cc1C. The molecule has 2 aromatic carbocycles. The van der Waals surface area contributed by atoms with Crippen molar-refractivity contribution in [1.82, 2.24) is 0 Å². The maximum atomic E-state index is 5.73. The Balaban J connectivity index is 2.04. The van der Waals surface area contributed by atoms with E-state index >= 15 is 0 Å². The third kappa shape index (κ3) is 4.64. The summed E-state index contributed by atoms with van der Waals surface area (Å²) in [5, 5.41) is 3.39. The third-order valence-corrected chi connectivity index (χ3v) is 4.08. The highest BCUT2D eigenvalue weighted by atomic mass is 35.5. The molecule has 0 saturated carbocycles. The van der Waals surface area contributed by atoms with Crippen molar-refractivity contribution in [3.63, 3.8) is 0 Å². The maximum Gasteiger partial charge on any atom is 0.0387 e. The molecule has 0 spiro atoms. The van der Waals surface area contributed by atoms with Gasteiger partial charge in [0, 0.05) is 22.8 Å². The Bertz CT molecular complexity index is 629. The molecular weight excluding hydrogens is 290 g/mol. The van der Waals surface area contributed by atoms with Crippen molar-refractivity contribution in [2.24, 2.45) is 0 Å². The van der Waals surface area contributed by atoms with Crippen LogP contribution >= 0.6 is 11.6 Å². The highest BCUT2D eigenvalue weighted by Crippen LogP contribution is 2.22. The molecule has 1 N–H and O–H groups in total. The van der Waals surface area contributed by atoms with Crippen LogP contribution in [0, 0.1) is 13.8 Å². The molecule has 0 heterocycles. The van der Waals surface area contributed by atoms with Crippen LogP contribution in [-0.2, 0) is 6.42 Å². The number of aryl methyl sites for hydroxylation is 3. The average Bonchev–Trinajstić information content (AvgIpc) is 2.50. The van der Waals surface area contributed by atoms with Crippen molar-refractivity contribution in [3.8, 4) is 0 Å². The number of nitrogens with one attached hydrogen (secondary N) is 1. The first kappa shape index (κ1) is 16.6. The Labute approximate surface area is 139 Å². The minimum absolute atomic E-state index is 0.744. The number of hydrogen-bond acceptors (Lipinski definition) is 1. The van der Waals surface area contributed by atoms with Crippen molar-refractivity contribution < 1.29 is 0 Å². The first-order chi connectivity index (χ1) is 10.6. The van der Waals surface area contributed by atoms with Gasteiger partial charge in [-0.15, -0.1) is 11.6 Å². The number of unbranched alkanes of at least 4 members (excludes halogenated alkanes) is 1. The van der Waals surface area contributed by atoms with Gasteiger partial charge in [-0.1, -0.05) is 42.5 Å². The largest absolute Gasteiger partial charge is 0.356 e. The van der Waals surface area contributed by atoms with Crippen LogP contribution in [0.3, 0.4) is 0 Å². The van der Waals surface area contributed by atoms with Gasteiger partial charge in [-0.05, 0) is 56.4 Å². The molecule has 0 fully saturated rings. The quantitative estimate of drug-likeness (QED) is 0.492. The van der Waals surface area contributed by atoms with Crippen molar-refractivity contribution in [2.75, 3.05) is 11.2 Å². The van der Waals surface area contributed by atoms with Gasteiger partial charge in [0.25, 0.3) is 0 Å². The molecule has 0 radical (unpaired) electrons. The second-order valence-corrected chi connectivity index (χ2v) is 6.14. The van der Waals surface area contributed by atoms with Gasteiger partial charge in [0.1, 0.15) is 0 Å². The summed E-state index contributed by atoms with van der Waals surface area (Å²) in [5.41, 5.74) is 7.06. The summed E-state index contributed by atoms with van der Waals surface area (Å²) in [6.45, 7) is 8.41. The third-order valence-electron chi connectivity index (χ3n) is 3.81. The molecule has 0 bridgehead atoms. The average molecular weight is 314 g/mol. The fraction of sp³-hybridized carbons (Fsp3) is 0.300. The normalized spacial score (nSPS) is 10.5. The summed E-state index contributed by atoms with van der Waals surface area (Å²) >= 11 is 5.73. The van der Waals surface area contributed by atoms with Gasteiger partial charge in [0.2, 0.25) is 0 Å². The minimum Gasteiger partial charge on any atom is -0.356 e. The zero-order chi connectivity index (χ0) is 15.9. The minimum atomic E-state index is 0.744. The maximum absolute atomic E-state index is 5.73. The number of anilines is 1. The molecule has 116 valence electrons. The van der Waals surface area contributed by atoms with E-state index in [1.165, 1.54) is 22.3 Å². The first-order valence-electron chi connectivity index (χ1n) is 7.78. The molecule has 1 nitrogen and oxygen atoms in total. The molecule has 2 aromatic rings. The van der Waals surface area contributed by atoms with Crippen LogP contribution in [0.2, 0.25) is 0 Å². The molecule has 2 heteroatoms. The Hall–Kier alpha value is -1.73. The lowest BCUT2D eigenvalue weighted by Crippen LogP contribution is -2.00. The Morgan fingerprint density at radius 1 is 1.05 bits per heavy atom. The van der Waals surface area contributed by atoms with Gasteiger partial charge < -0.3 is 5.32 Å². The molecule has 2 rings (SSSR count). The van der Waals surface area contributed by atoms with Crippen LogP contribution < -0.4 is 5.32 Å². The number of benzene rings is 2. The van der Waals surface area contributed by atoms with Gasteiger partial charge in [-0.25, -0.2) is 0 Å². The van der Waals surface area contributed by atoms with Crippen molar-refractivity contribution in [3.05, 3.63) is 71.3 Å². The molecule has 0 aliphatic rings. The second kappa shape index (κ2) is 8.05. The highest BCUT2D eigenvalue weighted by Gasteiger charge is 2.05. The van der Waals surface area contributed by atoms with Gasteiger partial charge >= 0.3 is 0 Å². The standard InChI is InChI=1S/C20H24ClN/c1-15-7-10-19(11-8-15)22-17(3)20-12-9-18(14-16(20)2)6-4-5-13-21/h7-12,14,22H,3-6,13H2,1-2H3. The van der Waals surface area contributed by atoms with E-state index in [1.54, 1.807) is 0 Å². The van der Waals surface area contributed by atoms with Crippen LogP contribution in [0.25, 0.3) is 5.70 Å². The fourth-order valence-electron chi connectivity index (χ4n) is 2.52. The van der Waals surface area contributed by atoms with E-state index in [4.69, 9.17) is 11.6 Å². The molecule has 0 unspecified atom stereocenters. The summed E-state index contributed by atoms with van der Waals surface area (Å²) < 4.78 is 0. The predicted octanol–water partition coefficient (Wildman–Crippen LogP) is 5.95. The van der Waals surface area contributed by atoms with Crippen LogP contribution in [0.5, 0.6) is 0 Å². The monoisotopic (exact) mass is 313 g/mol. The molecule has 0 aromatic heterocycles. The zero-order valence-electron chi connectivity index (χ0n) is 13.5. The smallest absolute Gasteiger partial charge is 0.0387 e. The number of hydrogen-bond donors (Lipinski definition) is 1. The van der Waals surface area contributed by atoms with E-state index in [9.17, 15) is 0 Å². The lowest BCUT2D eigenvalue weighted by Gasteiger charge is -2.14. The lowest BCUT2D eigenvalue weighted by atomic mass is 10.00. The molecule has 0 amide bonds. The fourth-order valence-corrected chi connectivity index (χ4v) is 2.71. The van der Waals surface area contributed by atoms with Crippen molar-refractivity contribution >= 4 is 23.0 Å². The summed E-state index contributed by atoms with van der Waals surface area (Å²) in [4.78, 5) is 0. The summed E-state index contributed by atoms with van der Waals surface area (Å²) in [6.07, 6.45) is 3.31. The molecule has 0 saturated heterocycles. The van der Waals surface area contributed by atoms with Crippen LogP contribution in [0.15, 0.2) is 49.0 Å². The van der Waals surface area contributed by atoms with E-state index in [0.717, 1.165) is 36.5 Å². The zero-order valence-corrected chi connectivity index (χ0v) is 14.2. The lowest BCUT2D eigenvalue weighted by molar-refractivity contribution is 0.799. The molecule has 0 aliphatic heterocycles. The molecule has 22 heavy (non-hydrogen) atoms. The van der Waals surface area contributed by atoms with Crippen LogP contribution in [0.1, 0.15) is 35.1 Å². The van der Waals surface area contributed by atoms with E-state index in [2.05, 4.69) is 68.2 Å². The van der Waals surface area contributed by atoms with E-state index in [0.29, 0.717) is 0 Å². The van der Waals surface area contributed by atoms with Crippen LogP contribution in [0.4, 0.5) is 5.69 Å². The molecular formula is C20H24ClN. The van der Waals surface area contributed by atoms with Crippen molar-refractivity contribution in [2.45, 2.75) is 33.1 Å². The van der Waals surface area contributed by atoms with Gasteiger partial charge in [0.15, 0.2) is 0 Å². The van der Waals surface area contributed by atoms with Crippen molar-refractivity contribution in [1.29, 1.82) is 0 Å². The Kier molecular flexibility index (Phi) is 6.09. The van der Waals surface area contributed by atoms with Gasteiger partial charge in [-0.2, -0.15) is 0 Å². The number of rotatable bonds is 7. The Morgan fingerprint density at radius 2 is 1.77 bits per heavy atom. The van der Waals surface area contributed by atoms with Crippen LogP contribution in [-0.4, -0.2) is 5.88 Å². The summed E-state index contributed by atoms with van der Waals surface area (Å²) in [5.74, 6) is 0.744. The summed E-state index contributed by atoms with van der Waals surface area (Å²) in [7, 11) is 0.